The molecule has 134 valence electrons. The van der Waals surface area contributed by atoms with Gasteiger partial charge in [0.25, 0.3) is 6.29 Å². The maximum absolute atomic E-state index is 12.3. The average Bonchev–Trinajstić information content (AvgIpc) is 3.11. The second-order valence-corrected chi connectivity index (χ2v) is 7.81. The molecule has 2 heterocycles. The maximum Gasteiger partial charge on any atom is 0.338 e. The van der Waals surface area contributed by atoms with E-state index in [1.165, 1.54) is 6.26 Å². The standard InChI is InChI=1S/C19H22O6/c1-9-7-12(24-17(9)21)23-8-11-13-15(20)10-5-4-6-19(2,3)14(10)16(13)25-18(11)22/h7-8,12-13,15-16,20H,4-6H2,1-3H3/b11-8+/t12-,13-,15-,16-/m1/s1. The molecular weight excluding hydrogens is 324 g/mol. The van der Waals surface area contributed by atoms with Gasteiger partial charge in [0.2, 0.25) is 0 Å². The van der Waals surface area contributed by atoms with Crippen molar-refractivity contribution in [1.29, 1.82) is 0 Å². The maximum atomic E-state index is 12.3. The fourth-order valence-electron chi connectivity index (χ4n) is 4.49. The molecule has 0 aromatic carbocycles. The summed E-state index contributed by atoms with van der Waals surface area (Å²) in [4.78, 5) is 23.7. The molecule has 2 aliphatic carbocycles. The largest absolute Gasteiger partial charge is 0.458 e. The summed E-state index contributed by atoms with van der Waals surface area (Å²) in [6, 6.07) is 0. The van der Waals surface area contributed by atoms with Crippen LogP contribution in [0, 0.1) is 11.3 Å². The Hall–Kier alpha value is -2.08. The van der Waals surface area contributed by atoms with E-state index >= 15 is 0 Å². The molecule has 1 N–H and O–H groups in total. The van der Waals surface area contributed by atoms with Crippen LogP contribution in [0.1, 0.15) is 40.0 Å². The van der Waals surface area contributed by atoms with Crippen LogP contribution in [-0.2, 0) is 23.8 Å². The summed E-state index contributed by atoms with van der Waals surface area (Å²) in [5.74, 6) is -1.36. The van der Waals surface area contributed by atoms with Crippen molar-refractivity contribution in [2.45, 2.75) is 58.5 Å². The number of aliphatic hydroxyl groups is 1. The number of aliphatic hydroxyl groups excluding tert-OH is 1. The molecule has 0 unspecified atom stereocenters. The van der Waals surface area contributed by atoms with E-state index in [9.17, 15) is 14.7 Å². The van der Waals surface area contributed by atoms with E-state index in [2.05, 4.69) is 13.8 Å². The van der Waals surface area contributed by atoms with Crippen molar-refractivity contribution in [3.63, 3.8) is 0 Å². The Kier molecular flexibility index (Phi) is 3.58. The van der Waals surface area contributed by atoms with Gasteiger partial charge < -0.3 is 19.3 Å². The first kappa shape index (κ1) is 16.4. The second-order valence-electron chi connectivity index (χ2n) is 7.81. The Morgan fingerprint density at radius 1 is 1.28 bits per heavy atom. The van der Waals surface area contributed by atoms with Gasteiger partial charge in [0, 0.05) is 11.6 Å². The molecule has 6 heteroatoms. The SMILES string of the molecule is CC1=C[C@H](O/C=C2/C(=O)O[C@H]3C4=C(CCCC4(C)C)[C@@H](O)[C@@H]23)OC1=O. The number of esters is 2. The van der Waals surface area contributed by atoms with Crippen LogP contribution < -0.4 is 0 Å². The molecule has 0 spiro atoms. The first-order valence-electron chi connectivity index (χ1n) is 8.67. The van der Waals surface area contributed by atoms with Crippen LogP contribution in [0.15, 0.2) is 34.6 Å². The molecule has 4 rings (SSSR count). The summed E-state index contributed by atoms with van der Waals surface area (Å²) in [7, 11) is 0. The summed E-state index contributed by atoms with van der Waals surface area (Å²) in [5, 5.41) is 10.8. The molecule has 25 heavy (non-hydrogen) atoms. The van der Waals surface area contributed by atoms with Gasteiger partial charge in [0.05, 0.1) is 23.9 Å². The van der Waals surface area contributed by atoms with Gasteiger partial charge in [-0.2, -0.15) is 0 Å². The van der Waals surface area contributed by atoms with E-state index in [-0.39, 0.29) is 5.41 Å². The fraction of sp³-hybridized carbons (Fsp3) is 0.579. The predicted molar refractivity (Wildman–Crippen MR) is 86.8 cm³/mol. The molecule has 0 aromatic rings. The normalized spacial score (nSPS) is 37.6. The highest BCUT2D eigenvalue weighted by Gasteiger charge is 2.56. The third-order valence-electron chi connectivity index (χ3n) is 5.72. The zero-order chi connectivity index (χ0) is 17.9. The van der Waals surface area contributed by atoms with Gasteiger partial charge >= 0.3 is 11.9 Å². The molecule has 4 atom stereocenters. The second kappa shape index (κ2) is 5.46. The summed E-state index contributed by atoms with van der Waals surface area (Å²) >= 11 is 0. The van der Waals surface area contributed by atoms with Crippen molar-refractivity contribution in [3.05, 3.63) is 34.6 Å². The Bertz CT molecular complexity index is 741. The van der Waals surface area contributed by atoms with Crippen LogP contribution in [0.25, 0.3) is 0 Å². The summed E-state index contributed by atoms with van der Waals surface area (Å²) < 4.78 is 16.1. The van der Waals surface area contributed by atoms with Crippen LogP contribution in [0.5, 0.6) is 0 Å². The molecular formula is C19H22O6. The van der Waals surface area contributed by atoms with Crippen molar-refractivity contribution < 1.29 is 28.9 Å². The zero-order valence-corrected chi connectivity index (χ0v) is 14.6. The third-order valence-corrected chi connectivity index (χ3v) is 5.72. The lowest BCUT2D eigenvalue weighted by atomic mass is 9.72. The number of carbonyl (C=O) groups excluding carboxylic acids is 2. The van der Waals surface area contributed by atoms with Crippen molar-refractivity contribution in [3.8, 4) is 0 Å². The van der Waals surface area contributed by atoms with Gasteiger partial charge in [-0.25, -0.2) is 9.59 Å². The van der Waals surface area contributed by atoms with E-state index in [0.29, 0.717) is 11.1 Å². The van der Waals surface area contributed by atoms with E-state index in [1.54, 1.807) is 13.0 Å². The third kappa shape index (κ3) is 2.42. The summed E-state index contributed by atoms with van der Waals surface area (Å²) in [6.07, 6.45) is 3.70. The average molecular weight is 346 g/mol. The molecule has 0 aromatic heterocycles. The lowest BCUT2D eigenvalue weighted by Gasteiger charge is -2.34. The van der Waals surface area contributed by atoms with Crippen LogP contribution in [0.2, 0.25) is 0 Å². The number of carbonyl (C=O) groups is 2. The molecule has 6 nitrogen and oxygen atoms in total. The molecule has 0 radical (unpaired) electrons. The highest BCUT2D eigenvalue weighted by molar-refractivity contribution is 5.93. The Balaban J connectivity index is 1.60. The number of cyclic esters (lactones) is 1. The van der Waals surface area contributed by atoms with Crippen molar-refractivity contribution in [1.82, 2.24) is 0 Å². The van der Waals surface area contributed by atoms with Gasteiger partial charge in [-0.3, -0.25) is 0 Å². The van der Waals surface area contributed by atoms with Gasteiger partial charge in [-0.15, -0.1) is 0 Å². The van der Waals surface area contributed by atoms with Gasteiger partial charge in [0.15, 0.2) is 0 Å². The van der Waals surface area contributed by atoms with E-state index in [1.807, 2.05) is 0 Å². The molecule has 2 aliphatic heterocycles. The van der Waals surface area contributed by atoms with Gasteiger partial charge in [-0.05, 0) is 42.7 Å². The fourth-order valence-corrected chi connectivity index (χ4v) is 4.49. The number of ether oxygens (including phenoxy) is 3. The van der Waals surface area contributed by atoms with Gasteiger partial charge in [0.1, 0.15) is 6.10 Å². The van der Waals surface area contributed by atoms with Crippen LogP contribution in [0.3, 0.4) is 0 Å². The Morgan fingerprint density at radius 3 is 2.72 bits per heavy atom. The minimum atomic E-state index is -0.843. The Morgan fingerprint density at radius 2 is 2.04 bits per heavy atom. The highest BCUT2D eigenvalue weighted by Crippen LogP contribution is 2.54. The van der Waals surface area contributed by atoms with E-state index in [4.69, 9.17) is 14.2 Å². The molecule has 0 bridgehead atoms. The minimum absolute atomic E-state index is 0.0919. The first-order valence-corrected chi connectivity index (χ1v) is 8.67. The number of hydrogen-bond acceptors (Lipinski definition) is 6. The van der Waals surface area contributed by atoms with Crippen molar-refractivity contribution in [2.75, 3.05) is 0 Å². The number of rotatable bonds is 2. The Labute approximate surface area is 146 Å². The van der Waals surface area contributed by atoms with Crippen molar-refractivity contribution in [2.24, 2.45) is 11.3 Å². The van der Waals surface area contributed by atoms with Crippen LogP contribution in [0.4, 0.5) is 0 Å². The zero-order valence-electron chi connectivity index (χ0n) is 14.6. The van der Waals surface area contributed by atoms with E-state index in [0.717, 1.165) is 30.4 Å². The molecule has 0 amide bonds. The first-order chi connectivity index (χ1) is 11.8. The minimum Gasteiger partial charge on any atom is -0.458 e. The smallest absolute Gasteiger partial charge is 0.338 e. The molecule has 0 saturated carbocycles. The number of hydrogen-bond donors (Lipinski definition) is 1. The topological polar surface area (TPSA) is 82.1 Å². The predicted octanol–water partition coefficient (Wildman–Crippen LogP) is 2.14. The van der Waals surface area contributed by atoms with Crippen molar-refractivity contribution >= 4 is 11.9 Å². The molecule has 1 fully saturated rings. The summed E-state index contributed by atoms with van der Waals surface area (Å²) in [6.45, 7) is 5.90. The van der Waals surface area contributed by atoms with Gasteiger partial charge in [-0.1, -0.05) is 13.8 Å². The monoisotopic (exact) mass is 346 g/mol. The molecule has 4 aliphatic rings. The van der Waals surface area contributed by atoms with Crippen LogP contribution in [-0.4, -0.2) is 35.5 Å². The lowest BCUT2D eigenvalue weighted by Crippen LogP contribution is -2.27. The lowest BCUT2D eigenvalue weighted by molar-refractivity contribution is -0.152. The highest BCUT2D eigenvalue weighted by atomic mass is 16.7. The van der Waals surface area contributed by atoms with Crippen LogP contribution >= 0.6 is 0 Å². The van der Waals surface area contributed by atoms with E-state index < -0.39 is 36.4 Å². The molecule has 1 saturated heterocycles. The quantitative estimate of drug-likeness (QED) is 0.357. The summed E-state index contributed by atoms with van der Waals surface area (Å²) in [5.41, 5.74) is 2.75. The number of fused-ring (bicyclic) bond motifs is 2.